The molecule has 1 heterocycles. The molecule has 0 aliphatic rings. The highest BCUT2D eigenvalue weighted by Crippen LogP contribution is 2.35. The Bertz CT molecular complexity index is 967. The quantitative estimate of drug-likeness (QED) is 0.571. The van der Waals surface area contributed by atoms with E-state index in [0.717, 1.165) is 34.7 Å². The van der Waals surface area contributed by atoms with Crippen molar-refractivity contribution in [3.8, 4) is 33.3 Å². The summed E-state index contributed by atoms with van der Waals surface area (Å²) in [5.41, 5.74) is 4.30. The van der Waals surface area contributed by atoms with E-state index in [4.69, 9.17) is 14.5 Å². The first-order valence-electron chi connectivity index (χ1n) is 9.54. The maximum absolute atomic E-state index is 11.1. The van der Waals surface area contributed by atoms with Crippen LogP contribution in [-0.2, 0) is 11.2 Å². The van der Waals surface area contributed by atoms with Crippen LogP contribution < -0.4 is 14.8 Å². The van der Waals surface area contributed by atoms with Gasteiger partial charge in [0.2, 0.25) is 5.91 Å². The molecule has 3 aromatic rings. The lowest BCUT2D eigenvalue weighted by atomic mass is 10.0. The van der Waals surface area contributed by atoms with E-state index in [1.165, 1.54) is 5.56 Å². The number of hydrogen-bond donors (Lipinski definition) is 1. The van der Waals surface area contributed by atoms with E-state index in [2.05, 4.69) is 35.0 Å². The highest BCUT2D eigenvalue weighted by atomic mass is 32.1. The summed E-state index contributed by atoms with van der Waals surface area (Å²) in [5, 5.41) is 5.93. The molecule has 2 aromatic carbocycles. The van der Waals surface area contributed by atoms with Gasteiger partial charge in [0.1, 0.15) is 5.01 Å². The zero-order chi connectivity index (χ0) is 20.8. The number of nitrogens with zero attached hydrogens (tertiary/aromatic N) is 1. The minimum atomic E-state index is 0.0154. The molecule has 3 rings (SSSR count). The maximum Gasteiger partial charge on any atom is 0.217 e. The number of amides is 1. The molecule has 6 heteroatoms. The first-order valence-corrected chi connectivity index (χ1v) is 10.4. The smallest absolute Gasteiger partial charge is 0.217 e. The van der Waals surface area contributed by atoms with Crippen LogP contribution in [0.25, 0.3) is 21.8 Å². The van der Waals surface area contributed by atoms with E-state index in [-0.39, 0.29) is 11.9 Å². The molecule has 1 amide bonds. The molecule has 0 bridgehead atoms. The first-order chi connectivity index (χ1) is 14.0. The van der Waals surface area contributed by atoms with Gasteiger partial charge >= 0.3 is 0 Å². The Morgan fingerprint density at radius 3 is 2.41 bits per heavy atom. The molecule has 29 heavy (non-hydrogen) atoms. The van der Waals surface area contributed by atoms with Crippen molar-refractivity contribution in [2.75, 3.05) is 14.2 Å². The summed E-state index contributed by atoms with van der Waals surface area (Å²) >= 11 is 1.61. The molecule has 1 atom stereocenters. The molecular weight excluding hydrogens is 384 g/mol. The number of nitrogens with one attached hydrogen (secondary N) is 1. The molecule has 1 N–H and O–H groups in total. The van der Waals surface area contributed by atoms with Gasteiger partial charge in [-0.15, -0.1) is 11.3 Å². The largest absolute Gasteiger partial charge is 0.493 e. The van der Waals surface area contributed by atoms with Crippen LogP contribution in [0, 0.1) is 0 Å². The summed E-state index contributed by atoms with van der Waals surface area (Å²) in [6, 6.07) is 14.5. The van der Waals surface area contributed by atoms with Crippen molar-refractivity contribution in [2.45, 2.75) is 32.7 Å². The minimum absolute atomic E-state index is 0.0154. The number of hydrogen-bond acceptors (Lipinski definition) is 5. The highest BCUT2D eigenvalue weighted by Gasteiger charge is 2.11. The van der Waals surface area contributed by atoms with E-state index in [9.17, 15) is 4.79 Å². The molecule has 1 unspecified atom stereocenters. The predicted molar refractivity (Wildman–Crippen MR) is 118 cm³/mol. The van der Waals surface area contributed by atoms with Crippen LogP contribution >= 0.6 is 11.3 Å². The highest BCUT2D eigenvalue weighted by molar-refractivity contribution is 7.13. The molecule has 0 saturated heterocycles. The van der Waals surface area contributed by atoms with E-state index in [1.54, 1.807) is 32.5 Å². The molecule has 0 aliphatic carbocycles. The number of carbonyl (C=O) groups is 1. The Morgan fingerprint density at radius 2 is 1.76 bits per heavy atom. The summed E-state index contributed by atoms with van der Waals surface area (Å²) in [4.78, 5) is 15.9. The topological polar surface area (TPSA) is 60.5 Å². The standard InChI is InChI=1S/C23H26N2O3S/c1-15(24-16(2)26)5-6-17-7-9-18(10-8-17)20-14-29-23(25-20)19-11-12-21(27-3)22(13-19)28-4/h7-15H,5-6H2,1-4H3,(H,24,26). The fourth-order valence-corrected chi connectivity index (χ4v) is 3.98. The molecule has 0 saturated carbocycles. The van der Waals surface area contributed by atoms with Crippen molar-refractivity contribution in [3.63, 3.8) is 0 Å². The Kier molecular flexibility index (Phi) is 6.88. The molecule has 0 fully saturated rings. The van der Waals surface area contributed by atoms with Gasteiger partial charge in [0, 0.05) is 29.5 Å². The monoisotopic (exact) mass is 410 g/mol. The molecule has 0 radical (unpaired) electrons. The van der Waals surface area contributed by atoms with E-state index in [0.29, 0.717) is 11.5 Å². The summed E-state index contributed by atoms with van der Waals surface area (Å²) in [6.07, 6.45) is 1.84. The second-order valence-electron chi connectivity index (χ2n) is 6.94. The summed E-state index contributed by atoms with van der Waals surface area (Å²) < 4.78 is 10.7. The zero-order valence-electron chi connectivity index (χ0n) is 17.2. The third-order valence-corrected chi connectivity index (χ3v) is 5.59. The number of benzene rings is 2. The van der Waals surface area contributed by atoms with Crippen molar-refractivity contribution in [1.29, 1.82) is 0 Å². The Labute approximate surface area is 175 Å². The maximum atomic E-state index is 11.1. The van der Waals surface area contributed by atoms with E-state index in [1.807, 2.05) is 25.1 Å². The lowest BCUT2D eigenvalue weighted by Gasteiger charge is -2.12. The average Bonchev–Trinajstić information content (AvgIpc) is 3.22. The predicted octanol–water partition coefficient (Wildman–Crippen LogP) is 4.95. The summed E-state index contributed by atoms with van der Waals surface area (Å²) in [7, 11) is 3.26. The molecular formula is C23H26N2O3S. The fraction of sp³-hybridized carbons (Fsp3) is 0.304. The number of methoxy groups -OCH3 is 2. The second-order valence-corrected chi connectivity index (χ2v) is 7.80. The number of ether oxygens (including phenoxy) is 2. The van der Waals surface area contributed by atoms with E-state index >= 15 is 0 Å². The van der Waals surface area contributed by atoms with Gasteiger partial charge in [0.15, 0.2) is 11.5 Å². The van der Waals surface area contributed by atoms with Gasteiger partial charge in [0.25, 0.3) is 0 Å². The Hall–Kier alpha value is -2.86. The van der Waals surface area contributed by atoms with Crippen molar-refractivity contribution < 1.29 is 14.3 Å². The van der Waals surface area contributed by atoms with Crippen LogP contribution in [0.3, 0.4) is 0 Å². The Morgan fingerprint density at radius 1 is 1.07 bits per heavy atom. The van der Waals surface area contributed by atoms with Crippen LogP contribution in [0.2, 0.25) is 0 Å². The first kappa shape index (κ1) is 20.9. The van der Waals surface area contributed by atoms with Crippen molar-refractivity contribution in [3.05, 3.63) is 53.4 Å². The zero-order valence-corrected chi connectivity index (χ0v) is 18.0. The lowest BCUT2D eigenvalue weighted by Crippen LogP contribution is -2.30. The van der Waals surface area contributed by atoms with E-state index < -0.39 is 0 Å². The third-order valence-electron chi connectivity index (χ3n) is 4.70. The van der Waals surface area contributed by atoms with Crippen LogP contribution in [0.15, 0.2) is 47.8 Å². The van der Waals surface area contributed by atoms with Crippen molar-refractivity contribution in [1.82, 2.24) is 10.3 Å². The van der Waals surface area contributed by atoms with Gasteiger partial charge in [-0.25, -0.2) is 4.98 Å². The number of thiazole rings is 1. The summed E-state index contributed by atoms with van der Waals surface area (Å²) in [6.45, 7) is 3.58. The molecule has 152 valence electrons. The van der Waals surface area contributed by atoms with Crippen molar-refractivity contribution in [2.24, 2.45) is 0 Å². The SMILES string of the molecule is COc1ccc(-c2nc(-c3ccc(CCC(C)NC(C)=O)cc3)cs2)cc1OC. The van der Waals surface area contributed by atoms with Crippen LogP contribution in [0.4, 0.5) is 0 Å². The minimum Gasteiger partial charge on any atom is -0.493 e. The van der Waals surface area contributed by atoms with Crippen LogP contribution in [0.1, 0.15) is 25.8 Å². The lowest BCUT2D eigenvalue weighted by molar-refractivity contribution is -0.119. The van der Waals surface area contributed by atoms with Crippen LogP contribution in [0.5, 0.6) is 11.5 Å². The second kappa shape index (κ2) is 9.56. The number of carbonyl (C=O) groups excluding carboxylic acids is 1. The van der Waals surface area contributed by atoms with Gasteiger partial charge in [0.05, 0.1) is 19.9 Å². The molecule has 0 spiro atoms. The molecule has 1 aromatic heterocycles. The van der Waals surface area contributed by atoms with Gasteiger partial charge in [-0.1, -0.05) is 24.3 Å². The number of rotatable bonds is 8. The average molecular weight is 411 g/mol. The van der Waals surface area contributed by atoms with Gasteiger partial charge < -0.3 is 14.8 Å². The number of aryl methyl sites for hydroxylation is 1. The number of aromatic nitrogens is 1. The molecule has 5 nitrogen and oxygen atoms in total. The molecule has 0 aliphatic heterocycles. The third kappa shape index (κ3) is 5.35. The fourth-order valence-electron chi connectivity index (χ4n) is 3.15. The van der Waals surface area contributed by atoms with Crippen molar-refractivity contribution >= 4 is 17.2 Å². The Balaban J connectivity index is 1.70. The van der Waals surface area contributed by atoms with Gasteiger partial charge in [-0.3, -0.25) is 4.79 Å². The van der Waals surface area contributed by atoms with Gasteiger partial charge in [-0.05, 0) is 43.5 Å². The van der Waals surface area contributed by atoms with Gasteiger partial charge in [-0.2, -0.15) is 0 Å². The summed E-state index contributed by atoms with van der Waals surface area (Å²) in [5.74, 6) is 1.41. The normalized spacial score (nSPS) is 11.7. The van der Waals surface area contributed by atoms with Crippen LogP contribution in [-0.4, -0.2) is 31.2 Å².